The van der Waals surface area contributed by atoms with Crippen LogP contribution < -0.4 is 5.73 Å². The summed E-state index contributed by atoms with van der Waals surface area (Å²) in [6, 6.07) is 7.11. The van der Waals surface area contributed by atoms with E-state index in [1.807, 2.05) is 13.0 Å². The summed E-state index contributed by atoms with van der Waals surface area (Å²) >= 11 is 0. The van der Waals surface area contributed by atoms with Gasteiger partial charge >= 0.3 is 0 Å². The van der Waals surface area contributed by atoms with E-state index in [-0.39, 0.29) is 5.75 Å². The number of nitrogens with two attached hydrogens (primary N) is 1. The SMILES string of the molecule is Cc1cc(N)nc2c(O)cccc12. The first-order valence-electron chi connectivity index (χ1n) is 4.03. The van der Waals surface area contributed by atoms with E-state index in [1.165, 1.54) is 0 Å². The van der Waals surface area contributed by atoms with E-state index < -0.39 is 0 Å². The van der Waals surface area contributed by atoms with Crippen LogP contribution in [-0.4, -0.2) is 10.1 Å². The Morgan fingerprint density at radius 2 is 2.15 bits per heavy atom. The molecule has 0 aliphatic heterocycles. The van der Waals surface area contributed by atoms with Crippen molar-refractivity contribution >= 4 is 16.7 Å². The maximum atomic E-state index is 9.50. The molecule has 0 spiro atoms. The molecule has 0 amide bonds. The predicted octanol–water partition coefficient (Wildman–Crippen LogP) is 1.83. The number of fused-ring (bicyclic) bond motifs is 1. The first kappa shape index (κ1) is 7.86. The maximum Gasteiger partial charge on any atom is 0.141 e. The summed E-state index contributed by atoms with van der Waals surface area (Å²) in [5, 5.41) is 10.4. The Labute approximate surface area is 75.8 Å². The van der Waals surface area contributed by atoms with E-state index in [9.17, 15) is 5.11 Å². The molecule has 0 saturated carbocycles. The minimum Gasteiger partial charge on any atom is -0.506 e. The predicted molar refractivity (Wildman–Crippen MR) is 52.6 cm³/mol. The minimum absolute atomic E-state index is 0.174. The van der Waals surface area contributed by atoms with Crippen molar-refractivity contribution in [2.45, 2.75) is 6.92 Å². The van der Waals surface area contributed by atoms with E-state index in [0.717, 1.165) is 10.9 Å². The van der Waals surface area contributed by atoms with Crippen molar-refractivity contribution in [2.75, 3.05) is 5.73 Å². The highest BCUT2D eigenvalue weighted by Crippen LogP contribution is 2.25. The summed E-state index contributed by atoms with van der Waals surface area (Å²) in [6.45, 7) is 1.94. The number of nitrogens with zero attached hydrogens (tertiary/aromatic N) is 1. The van der Waals surface area contributed by atoms with Gasteiger partial charge in [-0.1, -0.05) is 12.1 Å². The van der Waals surface area contributed by atoms with Crippen LogP contribution in [0.25, 0.3) is 10.9 Å². The fourth-order valence-corrected chi connectivity index (χ4v) is 1.43. The fourth-order valence-electron chi connectivity index (χ4n) is 1.43. The van der Waals surface area contributed by atoms with E-state index in [4.69, 9.17) is 5.73 Å². The molecule has 13 heavy (non-hydrogen) atoms. The molecule has 0 unspecified atom stereocenters. The van der Waals surface area contributed by atoms with E-state index in [1.54, 1.807) is 18.2 Å². The third-order valence-electron chi connectivity index (χ3n) is 2.04. The number of hydrogen-bond acceptors (Lipinski definition) is 3. The van der Waals surface area contributed by atoms with Gasteiger partial charge in [-0.2, -0.15) is 0 Å². The van der Waals surface area contributed by atoms with Crippen molar-refractivity contribution in [1.29, 1.82) is 0 Å². The lowest BCUT2D eigenvalue weighted by molar-refractivity contribution is 0.480. The van der Waals surface area contributed by atoms with Crippen LogP contribution in [0.1, 0.15) is 5.56 Å². The number of phenolic OH excluding ortho intramolecular Hbond substituents is 1. The second kappa shape index (κ2) is 2.62. The van der Waals surface area contributed by atoms with Gasteiger partial charge in [0.25, 0.3) is 0 Å². The zero-order chi connectivity index (χ0) is 9.42. The van der Waals surface area contributed by atoms with Gasteiger partial charge in [-0.15, -0.1) is 0 Å². The van der Waals surface area contributed by atoms with Gasteiger partial charge in [-0.3, -0.25) is 0 Å². The quantitative estimate of drug-likeness (QED) is 0.640. The Balaban J connectivity index is 2.94. The molecule has 3 nitrogen and oxygen atoms in total. The molecular weight excluding hydrogens is 164 g/mol. The molecule has 0 aliphatic rings. The van der Waals surface area contributed by atoms with Crippen LogP contribution in [0.2, 0.25) is 0 Å². The van der Waals surface area contributed by atoms with Crippen LogP contribution in [-0.2, 0) is 0 Å². The van der Waals surface area contributed by atoms with Crippen LogP contribution in [0.5, 0.6) is 5.75 Å². The molecule has 66 valence electrons. The van der Waals surface area contributed by atoms with E-state index in [2.05, 4.69) is 4.98 Å². The number of aryl methyl sites for hydroxylation is 1. The number of pyridine rings is 1. The molecular formula is C10H10N2O. The molecule has 3 heteroatoms. The zero-order valence-corrected chi connectivity index (χ0v) is 7.28. The molecule has 0 atom stereocenters. The second-order valence-corrected chi connectivity index (χ2v) is 3.04. The monoisotopic (exact) mass is 174 g/mol. The molecule has 3 N–H and O–H groups in total. The number of anilines is 1. The third-order valence-corrected chi connectivity index (χ3v) is 2.04. The first-order valence-corrected chi connectivity index (χ1v) is 4.03. The lowest BCUT2D eigenvalue weighted by Crippen LogP contribution is -1.92. The average Bonchev–Trinajstić information content (AvgIpc) is 2.07. The summed E-state index contributed by atoms with van der Waals surface area (Å²) in [5.41, 5.74) is 7.17. The van der Waals surface area contributed by atoms with Gasteiger partial charge in [0, 0.05) is 5.39 Å². The topological polar surface area (TPSA) is 59.1 Å². The normalized spacial score (nSPS) is 10.5. The van der Waals surface area contributed by atoms with Gasteiger partial charge in [-0.05, 0) is 24.6 Å². The first-order chi connectivity index (χ1) is 6.18. The fraction of sp³-hybridized carbons (Fsp3) is 0.100. The molecule has 1 aromatic carbocycles. The Hall–Kier alpha value is -1.77. The number of benzene rings is 1. The van der Waals surface area contributed by atoms with Crippen molar-refractivity contribution in [3.8, 4) is 5.75 Å². The molecule has 0 aliphatic carbocycles. The number of hydrogen-bond donors (Lipinski definition) is 2. The van der Waals surface area contributed by atoms with Gasteiger partial charge in [-0.25, -0.2) is 4.98 Å². The number of para-hydroxylation sites is 1. The summed E-state index contributed by atoms with van der Waals surface area (Å²) in [6.07, 6.45) is 0. The Bertz CT molecular complexity index is 466. The molecule has 1 aromatic heterocycles. The average molecular weight is 174 g/mol. The van der Waals surface area contributed by atoms with Gasteiger partial charge < -0.3 is 10.8 Å². The summed E-state index contributed by atoms with van der Waals surface area (Å²) in [4.78, 5) is 4.06. The van der Waals surface area contributed by atoms with Crippen LogP contribution in [0.15, 0.2) is 24.3 Å². The molecule has 0 radical (unpaired) electrons. The highest BCUT2D eigenvalue weighted by Gasteiger charge is 2.03. The smallest absolute Gasteiger partial charge is 0.141 e. The number of nitrogen functional groups attached to an aromatic ring is 1. The van der Waals surface area contributed by atoms with Gasteiger partial charge in [0.05, 0.1) is 0 Å². The van der Waals surface area contributed by atoms with Crippen molar-refractivity contribution in [2.24, 2.45) is 0 Å². The molecule has 0 saturated heterocycles. The standard InChI is InChI=1S/C10H10N2O/c1-6-5-9(11)12-10-7(6)3-2-4-8(10)13/h2-5,13H,1H3,(H2,11,12). The largest absolute Gasteiger partial charge is 0.506 e. The highest BCUT2D eigenvalue weighted by atomic mass is 16.3. The van der Waals surface area contributed by atoms with Gasteiger partial charge in [0.15, 0.2) is 0 Å². The Morgan fingerprint density at radius 1 is 1.38 bits per heavy atom. The molecule has 1 heterocycles. The van der Waals surface area contributed by atoms with Crippen molar-refractivity contribution in [1.82, 2.24) is 4.98 Å². The number of aromatic hydroxyl groups is 1. The zero-order valence-electron chi connectivity index (χ0n) is 7.28. The lowest BCUT2D eigenvalue weighted by atomic mass is 10.1. The third kappa shape index (κ3) is 1.18. The van der Waals surface area contributed by atoms with Crippen LogP contribution in [0.3, 0.4) is 0 Å². The van der Waals surface area contributed by atoms with Crippen LogP contribution >= 0.6 is 0 Å². The second-order valence-electron chi connectivity index (χ2n) is 3.04. The summed E-state index contributed by atoms with van der Waals surface area (Å²) < 4.78 is 0. The molecule has 0 fully saturated rings. The molecule has 2 aromatic rings. The number of aromatic nitrogens is 1. The van der Waals surface area contributed by atoms with Gasteiger partial charge in [0.2, 0.25) is 0 Å². The molecule has 2 rings (SSSR count). The Kier molecular flexibility index (Phi) is 1.59. The van der Waals surface area contributed by atoms with E-state index >= 15 is 0 Å². The molecule has 0 bridgehead atoms. The maximum absolute atomic E-state index is 9.50. The van der Waals surface area contributed by atoms with E-state index in [0.29, 0.717) is 11.3 Å². The Morgan fingerprint density at radius 3 is 2.92 bits per heavy atom. The van der Waals surface area contributed by atoms with Crippen LogP contribution in [0.4, 0.5) is 5.82 Å². The van der Waals surface area contributed by atoms with Crippen LogP contribution in [0, 0.1) is 6.92 Å². The number of phenols is 1. The number of rotatable bonds is 0. The summed E-state index contributed by atoms with van der Waals surface area (Å²) in [5.74, 6) is 0.611. The lowest BCUT2D eigenvalue weighted by Gasteiger charge is -2.04. The van der Waals surface area contributed by atoms with Crippen molar-refractivity contribution in [3.63, 3.8) is 0 Å². The van der Waals surface area contributed by atoms with Crippen molar-refractivity contribution < 1.29 is 5.11 Å². The van der Waals surface area contributed by atoms with Gasteiger partial charge in [0.1, 0.15) is 17.1 Å². The highest BCUT2D eigenvalue weighted by molar-refractivity contribution is 5.88. The minimum atomic E-state index is 0.174. The summed E-state index contributed by atoms with van der Waals surface area (Å²) in [7, 11) is 0. The van der Waals surface area contributed by atoms with Crippen molar-refractivity contribution in [3.05, 3.63) is 29.8 Å².